The van der Waals surface area contributed by atoms with E-state index in [1.165, 1.54) is 11.8 Å². The predicted molar refractivity (Wildman–Crippen MR) is 85.9 cm³/mol. The summed E-state index contributed by atoms with van der Waals surface area (Å²) in [5.41, 5.74) is 0. The molecule has 1 N–H and O–H groups in total. The van der Waals surface area contributed by atoms with Crippen LogP contribution >= 0.6 is 23.1 Å². The van der Waals surface area contributed by atoms with Crippen LogP contribution in [0, 0.1) is 0 Å². The van der Waals surface area contributed by atoms with Crippen molar-refractivity contribution in [3.63, 3.8) is 0 Å². The van der Waals surface area contributed by atoms with Crippen molar-refractivity contribution in [2.75, 3.05) is 24.7 Å². The van der Waals surface area contributed by atoms with Crippen molar-refractivity contribution in [3.8, 4) is 0 Å². The molecule has 1 aliphatic heterocycles. The van der Waals surface area contributed by atoms with Crippen LogP contribution < -0.4 is 4.90 Å². The Morgan fingerprint density at radius 1 is 1.45 bits per heavy atom. The summed E-state index contributed by atoms with van der Waals surface area (Å²) >= 11 is 3.07. The highest BCUT2D eigenvalue weighted by atomic mass is 32.2. The van der Waals surface area contributed by atoms with Gasteiger partial charge in [0.15, 0.2) is 11.2 Å². The number of aliphatic carboxylic acids is 1. The molecule has 1 aromatic rings. The topological polar surface area (TPSA) is 65.8 Å². The van der Waals surface area contributed by atoms with Gasteiger partial charge in [-0.15, -0.1) is 11.8 Å². The summed E-state index contributed by atoms with van der Waals surface area (Å²) in [6.45, 7) is 0. The first-order valence-corrected chi connectivity index (χ1v) is 7.78. The Balaban J connectivity index is 1.91. The van der Waals surface area contributed by atoms with Crippen LogP contribution in [0.25, 0.3) is 6.08 Å². The van der Waals surface area contributed by atoms with Crippen LogP contribution in [0.2, 0.25) is 0 Å². The van der Waals surface area contributed by atoms with E-state index in [2.05, 4.69) is 9.98 Å². The first kappa shape index (κ1) is 14.8. The molecular weight excluding hydrogens is 294 g/mol. The molecular formula is C13H15N3O2S2. The molecule has 0 saturated heterocycles. The highest BCUT2D eigenvalue weighted by Gasteiger charge is 2.22. The SMILES string of the molecule is CN(C)c1ncc(/C=C/C=C/C2=N[C@@H](C(=O)O)CS2)s1. The molecule has 2 heterocycles. The van der Waals surface area contributed by atoms with Gasteiger partial charge in [-0.25, -0.2) is 9.78 Å². The fourth-order valence-electron chi connectivity index (χ4n) is 1.46. The van der Waals surface area contributed by atoms with Crippen LogP contribution in [0.4, 0.5) is 5.13 Å². The monoisotopic (exact) mass is 309 g/mol. The summed E-state index contributed by atoms with van der Waals surface area (Å²) in [4.78, 5) is 22.2. The van der Waals surface area contributed by atoms with Gasteiger partial charge in [-0.2, -0.15) is 0 Å². The van der Waals surface area contributed by atoms with Crippen molar-refractivity contribution in [2.45, 2.75) is 6.04 Å². The Morgan fingerprint density at radius 3 is 2.80 bits per heavy atom. The highest BCUT2D eigenvalue weighted by molar-refractivity contribution is 8.14. The van der Waals surface area contributed by atoms with Gasteiger partial charge in [0.1, 0.15) is 0 Å². The third-order valence-corrected chi connectivity index (χ3v) is 4.61. The van der Waals surface area contributed by atoms with Gasteiger partial charge in [0.25, 0.3) is 0 Å². The second kappa shape index (κ2) is 6.71. The van der Waals surface area contributed by atoms with Gasteiger partial charge >= 0.3 is 5.97 Å². The summed E-state index contributed by atoms with van der Waals surface area (Å²) < 4.78 is 0. The summed E-state index contributed by atoms with van der Waals surface area (Å²) in [5.74, 6) is -0.350. The number of thioether (sulfide) groups is 1. The van der Waals surface area contributed by atoms with Crippen LogP contribution in [0.5, 0.6) is 0 Å². The lowest BCUT2D eigenvalue weighted by atomic mass is 10.3. The number of allylic oxidation sites excluding steroid dienone is 2. The maximum absolute atomic E-state index is 10.8. The first-order valence-electron chi connectivity index (χ1n) is 5.97. The summed E-state index contributed by atoms with van der Waals surface area (Å²) in [6, 6.07) is -0.604. The number of thiazole rings is 1. The van der Waals surface area contributed by atoms with E-state index in [-0.39, 0.29) is 0 Å². The Kier molecular flexibility index (Phi) is 4.97. The molecule has 0 radical (unpaired) electrons. The Bertz CT molecular complexity index is 576. The van der Waals surface area contributed by atoms with Gasteiger partial charge in [0.2, 0.25) is 0 Å². The maximum atomic E-state index is 10.8. The van der Waals surface area contributed by atoms with Gasteiger partial charge in [-0.1, -0.05) is 23.5 Å². The third-order valence-electron chi connectivity index (χ3n) is 2.46. The minimum Gasteiger partial charge on any atom is -0.480 e. The van der Waals surface area contributed by atoms with Gasteiger partial charge in [-0.3, -0.25) is 4.99 Å². The maximum Gasteiger partial charge on any atom is 0.329 e. The molecule has 0 saturated carbocycles. The second-order valence-electron chi connectivity index (χ2n) is 4.29. The number of aliphatic imine (C=N–C) groups is 1. The van der Waals surface area contributed by atoms with Crippen LogP contribution in [0.1, 0.15) is 4.88 Å². The Hall–Kier alpha value is -1.60. The van der Waals surface area contributed by atoms with Gasteiger partial charge in [0, 0.05) is 30.9 Å². The van der Waals surface area contributed by atoms with Crippen molar-refractivity contribution in [3.05, 3.63) is 29.3 Å². The van der Waals surface area contributed by atoms with Gasteiger partial charge in [-0.05, 0) is 12.2 Å². The van der Waals surface area contributed by atoms with Crippen molar-refractivity contribution >= 4 is 45.3 Å². The lowest BCUT2D eigenvalue weighted by molar-refractivity contribution is -0.137. The summed E-state index contributed by atoms with van der Waals surface area (Å²) in [7, 11) is 3.92. The largest absolute Gasteiger partial charge is 0.480 e. The molecule has 20 heavy (non-hydrogen) atoms. The molecule has 0 unspecified atom stereocenters. The molecule has 0 aromatic carbocycles. The standard InChI is InChI=1S/C13H15N3O2S2/c1-16(2)13-14-7-9(20-13)5-3-4-6-11-15-10(8-19-11)12(17)18/h3-7,10H,8H2,1-2H3,(H,17,18)/b5-3+,6-4+/t10-/m1/s1. The zero-order valence-electron chi connectivity index (χ0n) is 11.2. The molecule has 1 atom stereocenters. The number of hydrogen-bond acceptors (Lipinski definition) is 6. The average molecular weight is 309 g/mol. The van der Waals surface area contributed by atoms with Crippen molar-refractivity contribution < 1.29 is 9.90 Å². The van der Waals surface area contributed by atoms with Crippen LogP contribution in [-0.4, -0.2) is 47.0 Å². The number of carbonyl (C=O) groups is 1. The van der Waals surface area contributed by atoms with Crippen molar-refractivity contribution in [2.24, 2.45) is 4.99 Å². The average Bonchev–Trinajstić information content (AvgIpc) is 3.04. The first-order chi connectivity index (χ1) is 9.56. The molecule has 0 spiro atoms. The van der Waals surface area contributed by atoms with E-state index in [4.69, 9.17) is 5.11 Å². The smallest absolute Gasteiger partial charge is 0.329 e. The van der Waals surface area contributed by atoms with Crippen molar-refractivity contribution in [1.29, 1.82) is 0 Å². The van der Waals surface area contributed by atoms with E-state index in [0.717, 1.165) is 15.1 Å². The third kappa shape index (κ3) is 3.94. The number of rotatable bonds is 5. The van der Waals surface area contributed by atoms with E-state index >= 15 is 0 Å². The van der Waals surface area contributed by atoms with E-state index in [1.807, 2.05) is 49.5 Å². The Morgan fingerprint density at radius 2 is 2.20 bits per heavy atom. The number of nitrogens with zero attached hydrogens (tertiary/aromatic N) is 3. The summed E-state index contributed by atoms with van der Waals surface area (Å²) in [6.07, 6.45) is 9.40. The van der Waals surface area contributed by atoms with Crippen LogP contribution in [-0.2, 0) is 4.79 Å². The molecule has 0 fully saturated rings. The van der Waals surface area contributed by atoms with Gasteiger partial charge in [0.05, 0.1) is 5.04 Å². The van der Waals surface area contributed by atoms with Crippen LogP contribution in [0.3, 0.4) is 0 Å². The molecule has 1 aromatic heterocycles. The molecule has 106 valence electrons. The number of hydrogen-bond donors (Lipinski definition) is 1. The van der Waals surface area contributed by atoms with E-state index < -0.39 is 12.0 Å². The van der Waals surface area contributed by atoms with Crippen molar-refractivity contribution in [1.82, 2.24) is 4.98 Å². The fraction of sp³-hybridized carbons (Fsp3) is 0.308. The zero-order valence-corrected chi connectivity index (χ0v) is 12.8. The lowest BCUT2D eigenvalue weighted by Gasteiger charge is -2.04. The van der Waals surface area contributed by atoms with Gasteiger partial charge < -0.3 is 10.0 Å². The zero-order chi connectivity index (χ0) is 14.5. The molecule has 0 amide bonds. The minimum atomic E-state index is -0.864. The van der Waals surface area contributed by atoms with Crippen LogP contribution in [0.15, 0.2) is 29.4 Å². The second-order valence-corrected chi connectivity index (χ2v) is 6.37. The predicted octanol–water partition coefficient (Wildman–Crippen LogP) is 2.38. The fourth-order valence-corrected chi connectivity index (χ4v) is 3.13. The number of carboxylic acid groups (broad SMARTS) is 1. The lowest BCUT2D eigenvalue weighted by Crippen LogP contribution is -2.16. The number of anilines is 1. The normalized spacial score (nSPS) is 18.9. The highest BCUT2D eigenvalue weighted by Crippen LogP contribution is 2.22. The minimum absolute atomic E-state index is 0.514. The molecule has 1 aliphatic rings. The molecule has 2 rings (SSSR count). The molecule has 5 nitrogen and oxygen atoms in total. The summed E-state index contributed by atoms with van der Waals surface area (Å²) in [5, 5.41) is 10.6. The molecule has 0 bridgehead atoms. The number of aromatic nitrogens is 1. The number of carboxylic acids is 1. The van der Waals surface area contributed by atoms with E-state index in [9.17, 15) is 4.79 Å². The van der Waals surface area contributed by atoms with E-state index in [0.29, 0.717) is 5.75 Å². The molecule has 7 heteroatoms. The Labute approximate surface area is 125 Å². The quantitative estimate of drug-likeness (QED) is 0.846. The van der Waals surface area contributed by atoms with E-state index in [1.54, 1.807) is 11.3 Å². The molecule has 0 aliphatic carbocycles.